The summed E-state index contributed by atoms with van der Waals surface area (Å²) in [6, 6.07) is 0. The second-order valence-corrected chi connectivity index (χ2v) is 8.96. The molecule has 0 N–H and O–H groups in total. The molecule has 0 radical (unpaired) electrons. The second kappa shape index (κ2) is 7.83. The van der Waals surface area contributed by atoms with Gasteiger partial charge in [0.25, 0.3) is 0 Å². The van der Waals surface area contributed by atoms with Crippen molar-refractivity contribution in [2.75, 3.05) is 0 Å². The van der Waals surface area contributed by atoms with Gasteiger partial charge in [-0.2, -0.15) is 0 Å². The van der Waals surface area contributed by atoms with Gasteiger partial charge in [-0.25, -0.2) is 18.6 Å². The van der Waals surface area contributed by atoms with E-state index in [-0.39, 0.29) is 0 Å². The Hall–Kier alpha value is -0.406. The number of thiocarbonyl (C=S) groups is 4. The number of nitrogens with zero attached hydrogens (tertiary/aromatic N) is 4. The maximum atomic E-state index is 5.68. The summed E-state index contributed by atoms with van der Waals surface area (Å²) in [7, 11) is -5.88. The maximum Gasteiger partial charge on any atom is 0.462 e. The van der Waals surface area contributed by atoms with Crippen LogP contribution in [0.3, 0.4) is 0 Å². The topological polar surface area (TPSA) is 58.7 Å². The van der Waals surface area contributed by atoms with Gasteiger partial charge in [0.1, 0.15) is 0 Å². The SMILES string of the molecule is C[Si](N=C=S)(N=C=S)O[Si](C)(N=C=S)N=C=S. The lowest BCUT2D eigenvalue weighted by Crippen LogP contribution is -2.44. The minimum absolute atomic E-state index is 1.65. The minimum atomic E-state index is -2.94. The van der Waals surface area contributed by atoms with Crippen LogP contribution in [0.4, 0.5) is 0 Å². The number of hydrogen-bond acceptors (Lipinski definition) is 9. The molecule has 0 saturated carbocycles. The van der Waals surface area contributed by atoms with Crippen molar-refractivity contribution >= 4 is 86.8 Å². The van der Waals surface area contributed by atoms with Gasteiger partial charge in [-0.05, 0) is 62.0 Å². The van der Waals surface area contributed by atoms with Crippen LogP contribution in [0.2, 0.25) is 13.1 Å². The van der Waals surface area contributed by atoms with Crippen molar-refractivity contribution in [2.45, 2.75) is 13.1 Å². The van der Waals surface area contributed by atoms with Crippen LogP contribution < -0.4 is 0 Å². The van der Waals surface area contributed by atoms with E-state index in [0.717, 1.165) is 0 Å². The van der Waals surface area contributed by atoms with Crippen molar-refractivity contribution in [3.05, 3.63) is 0 Å². The second-order valence-electron chi connectivity index (χ2n) is 2.78. The molecule has 0 atom stereocenters. The molecule has 0 spiro atoms. The highest BCUT2D eigenvalue weighted by Crippen LogP contribution is 2.18. The molecular weight excluding hydrogens is 329 g/mol. The van der Waals surface area contributed by atoms with Crippen molar-refractivity contribution in [3.63, 3.8) is 0 Å². The van der Waals surface area contributed by atoms with Gasteiger partial charge in [-0.15, -0.1) is 0 Å². The smallest absolute Gasteiger partial charge is 0.386 e. The summed E-state index contributed by atoms with van der Waals surface area (Å²) >= 11 is 18.1. The molecule has 0 aromatic carbocycles. The maximum absolute atomic E-state index is 5.68. The van der Waals surface area contributed by atoms with Crippen molar-refractivity contribution in [3.8, 4) is 0 Å². The fourth-order valence-electron chi connectivity index (χ4n) is 0.846. The van der Waals surface area contributed by atoms with E-state index >= 15 is 0 Å². The molecular formula is C6H6N4OS4Si2. The molecule has 11 heteroatoms. The molecule has 0 aliphatic carbocycles. The Labute approximate surface area is 122 Å². The Morgan fingerprint density at radius 1 is 0.706 bits per heavy atom. The van der Waals surface area contributed by atoms with E-state index in [1.807, 2.05) is 0 Å². The Morgan fingerprint density at radius 2 is 0.941 bits per heavy atom. The van der Waals surface area contributed by atoms with Crippen LogP contribution in [0, 0.1) is 0 Å². The minimum Gasteiger partial charge on any atom is -0.386 e. The van der Waals surface area contributed by atoms with E-state index in [0.29, 0.717) is 0 Å². The van der Waals surface area contributed by atoms with E-state index in [1.165, 1.54) is 0 Å². The summed E-state index contributed by atoms with van der Waals surface area (Å²) in [6.45, 7) is 3.29. The average molecular weight is 335 g/mol. The van der Waals surface area contributed by atoms with E-state index in [2.05, 4.69) is 88.1 Å². The van der Waals surface area contributed by atoms with Gasteiger partial charge < -0.3 is 4.12 Å². The third-order valence-electron chi connectivity index (χ3n) is 1.40. The van der Waals surface area contributed by atoms with E-state index < -0.39 is 17.3 Å². The molecule has 88 valence electrons. The zero-order valence-corrected chi connectivity index (χ0v) is 14.1. The van der Waals surface area contributed by atoms with Crippen LogP contribution in [0.1, 0.15) is 0 Å². The molecule has 0 aromatic rings. The van der Waals surface area contributed by atoms with Crippen LogP contribution >= 0.6 is 48.9 Å². The Morgan fingerprint density at radius 3 is 1.12 bits per heavy atom. The van der Waals surface area contributed by atoms with Crippen LogP contribution in [-0.2, 0) is 4.12 Å². The third-order valence-corrected chi connectivity index (χ3v) is 7.61. The molecule has 0 aliphatic heterocycles. The van der Waals surface area contributed by atoms with Crippen molar-refractivity contribution in [1.29, 1.82) is 0 Å². The Kier molecular flexibility index (Phi) is 7.64. The summed E-state index contributed by atoms with van der Waals surface area (Å²) in [6.07, 6.45) is 0. The fourth-order valence-corrected chi connectivity index (χ4v) is 7.32. The summed E-state index contributed by atoms with van der Waals surface area (Å²) in [5.74, 6) is 0. The van der Waals surface area contributed by atoms with Gasteiger partial charge >= 0.3 is 17.3 Å². The van der Waals surface area contributed by atoms with Crippen LogP contribution in [-0.4, -0.2) is 37.9 Å². The first-order valence-corrected chi connectivity index (χ1v) is 10.3. The molecule has 0 rings (SSSR count). The van der Waals surface area contributed by atoms with Gasteiger partial charge in [-0.1, -0.05) is 0 Å². The molecule has 0 heterocycles. The largest absolute Gasteiger partial charge is 0.462 e. The molecule has 0 unspecified atom stereocenters. The molecule has 0 saturated heterocycles. The van der Waals surface area contributed by atoms with Crippen molar-refractivity contribution in [1.82, 2.24) is 0 Å². The third kappa shape index (κ3) is 6.18. The van der Waals surface area contributed by atoms with Crippen molar-refractivity contribution in [2.24, 2.45) is 18.6 Å². The van der Waals surface area contributed by atoms with Gasteiger partial charge in [0.2, 0.25) is 0 Å². The number of isothiocyanates is 4. The predicted octanol–water partition coefficient (Wildman–Crippen LogP) is 2.55. The summed E-state index contributed by atoms with van der Waals surface area (Å²) in [4.78, 5) is 0. The highest BCUT2D eigenvalue weighted by atomic mass is 32.1. The molecule has 0 aliphatic rings. The average Bonchev–Trinajstić information content (AvgIpc) is 2.17. The molecule has 5 nitrogen and oxygen atoms in total. The predicted molar refractivity (Wildman–Crippen MR) is 84.4 cm³/mol. The van der Waals surface area contributed by atoms with E-state index in [9.17, 15) is 0 Å². The van der Waals surface area contributed by atoms with Gasteiger partial charge in [0.05, 0.1) is 20.6 Å². The normalized spacial score (nSPS) is 15.6. The molecule has 0 bridgehead atoms. The zero-order chi connectivity index (χ0) is 13.4. The highest BCUT2D eigenvalue weighted by Gasteiger charge is 2.43. The lowest BCUT2D eigenvalue weighted by atomic mass is 11.7. The van der Waals surface area contributed by atoms with Crippen LogP contribution in [0.25, 0.3) is 0 Å². The van der Waals surface area contributed by atoms with Gasteiger partial charge in [0, 0.05) is 0 Å². The first kappa shape index (κ1) is 16.6. The summed E-state index contributed by atoms with van der Waals surface area (Å²) in [5.41, 5.74) is 0. The summed E-state index contributed by atoms with van der Waals surface area (Å²) < 4.78 is 21.2. The lowest BCUT2D eigenvalue weighted by Gasteiger charge is -2.22. The molecule has 17 heavy (non-hydrogen) atoms. The van der Waals surface area contributed by atoms with Gasteiger partial charge in [0.15, 0.2) is 0 Å². The van der Waals surface area contributed by atoms with Crippen molar-refractivity contribution < 1.29 is 4.12 Å². The van der Waals surface area contributed by atoms with E-state index in [4.69, 9.17) is 4.12 Å². The molecule has 0 aromatic heterocycles. The quantitative estimate of drug-likeness (QED) is 0.424. The highest BCUT2D eigenvalue weighted by molar-refractivity contribution is 7.79. The first-order chi connectivity index (χ1) is 7.95. The van der Waals surface area contributed by atoms with Crippen LogP contribution in [0.5, 0.6) is 0 Å². The Bertz CT molecular complexity index is 406. The zero-order valence-electron chi connectivity index (χ0n) is 8.83. The fraction of sp³-hybridized carbons (Fsp3) is 0.333. The Balaban J connectivity index is 5.48. The molecule has 0 amide bonds. The van der Waals surface area contributed by atoms with Crippen LogP contribution in [0.15, 0.2) is 18.6 Å². The summed E-state index contributed by atoms with van der Waals surface area (Å²) in [5, 5.41) is 8.84. The first-order valence-electron chi connectivity index (χ1n) is 4.01. The van der Waals surface area contributed by atoms with E-state index in [1.54, 1.807) is 13.1 Å². The monoisotopic (exact) mass is 334 g/mol. The molecule has 0 fully saturated rings. The lowest BCUT2D eigenvalue weighted by molar-refractivity contribution is 0.536. The number of hydrogen-bond donors (Lipinski definition) is 0. The van der Waals surface area contributed by atoms with Gasteiger partial charge in [-0.3, -0.25) is 0 Å². The number of rotatable bonds is 6. The standard InChI is InChI=1S/C6H6N4OS4Si2/c1-16(7-3-12,8-4-13)11-17(2,9-5-14)10-6-15/h1-2H3.